The average molecular weight is 183 g/mol. The Morgan fingerprint density at radius 1 is 1.08 bits per heavy atom. The van der Waals surface area contributed by atoms with Crippen LogP contribution >= 0.6 is 0 Å². The van der Waals surface area contributed by atoms with Crippen LogP contribution in [-0.4, -0.2) is 12.8 Å². The molecule has 0 spiro atoms. The molecule has 0 fully saturated rings. The van der Waals surface area contributed by atoms with Gasteiger partial charge in [-0.25, -0.2) is 0 Å². The van der Waals surface area contributed by atoms with Gasteiger partial charge in [0.2, 0.25) is 0 Å². The highest BCUT2D eigenvalue weighted by Crippen LogP contribution is 2.16. The molecule has 0 aliphatic heterocycles. The Bertz CT molecular complexity index is 131. The highest BCUT2D eigenvalue weighted by Gasteiger charge is 2.06. The lowest BCUT2D eigenvalue weighted by molar-refractivity contribution is 0.437. The smallest absolute Gasteiger partial charge is 0.0385 e. The molecule has 0 heterocycles. The van der Waals surface area contributed by atoms with Crippen LogP contribution in [0.4, 0.5) is 0 Å². The van der Waals surface area contributed by atoms with Crippen molar-refractivity contribution in [3.8, 4) is 0 Å². The first-order valence-electron chi connectivity index (χ1n) is 5.54. The van der Waals surface area contributed by atoms with Crippen molar-refractivity contribution in [1.29, 1.82) is 0 Å². The van der Waals surface area contributed by atoms with Gasteiger partial charge in [-0.15, -0.1) is 0 Å². The fourth-order valence-electron chi connectivity index (χ4n) is 1.06. The van der Waals surface area contributed by atoms with Crippen LogP contribution in [0, 0.1) is 5.41 Å². The summed E-state index contributed by atoms with van der Waals surface area (Å²) in [5, 5.41) is 0. The molecule has 0 radical (unpaired) electrons. The van der Waals surface area contributed by atoms with Gasteiger partial charge < -0.3 is 0 Å². The molecule has 78 valence electrons. The van der Waals surface area contributed by atoms with Gasteiger partial charge in [0.15, 0.2) is 0 Å². The van der Waals surface area contributed by atoms with Gasteiger partial charge in [-0.3, -0.25) is 4.99 Å². The van der Waals surface area contributed by atoms with E-state index >= 15 is 0 Å². The quantitative estimate of drug-likeness (QED) is 0.435. The van der Waals surface area contributed by atoms with Gasteiger partial charge >= 0.3 is 0 Å². The van der Waals surface area contributed by atoms with E-state index in [2.05, 4.69) is 38.9 Å². The van der Waals surface area contributed by atoms with E-state index in [1.807, 2.05) is 0 Å². The van der Waals surface area contributed by atoms with E-state index in [1.54, 1.807) is 0 Å². The number of aliphatic imine (C=N–C) groups is 1. The highest BCUT2D eigenvalue weighted by molar-refractivity contribution is 5.57. The molecule has 0 aromatic carbocycles. The molecule has 1 nitrogen and oxygen atoms in total. The lowest BCUT2D eigenvalue weighted by atomic mass is 9.93. The first kappa shape index (κ1) is 12.7. The van der Waals surface area contributed by atoms with Crippen LogP contribution in [0.2, 0.25) is 0 Å². The molecule has 0 aliphatic carbocycles. The number of rotatable bonds is 6. The van der Waals surface area contributed by atoms with Gasteiger partial charge in [0.1, 0.15) is 0 Å². The lowest BCUT2D eigenvalue weighted by Gasteiger charge is -2.13. The summed E-state index contributed by atoms with van der Waals surface area (Å²) in [4.78, 5) is 4.40. The summed E-state index contributed by atoms with van der Waals surface area (Å²) in [7, 11) is 0. The van der Waals surface area contributed by atoms with Gasteiger partial charge in [-0.2, -0.15) is 0 Å². The zero-order valence-corrected chi connectivity index (χ0v) is 9.77. The topological polar surface area (TPSA) is 12.4 Å². The Morgan fingerprint density at radius 3 is 2.31 bits per heavy atom. The van der Waals surface area contributed by atoms with Crippen molar-refractivity contribution in [1.82, 2.24) is 0 Å². The van der Waals surface area contributed by atoms with Gasteiger partial charge in [-0.05, 0) is 24.5 Å². The Morgan fingerprint density at radius 2 is 1.77 bits per heavy atom. The third-order valence-electron chi connectivity index (χ3n) is 1.97. The standard InChI is InChI=1S/C12H25N/c1-5-6-7-8-10-13-11-9-12(2,3)4/h11H,5-10H2,1-4H3. The zero-order chi connectivity index (χ0) is 10.2. The molecular weight excluding hydrogens is 158 g/mol. The Labute approximate surface area is 83.6 Å². The fraction of sp³-hybridized carbons (Fsp3) is 0.917. The van der Waals surface area contributed by atoms with Crippen LogP contribution in [0.1, 0.15) is 59.8 Å². The zero-order valence-electron chi connectivity index (χ0n) is 9.77. The van der Waals surface area contributed by atoms with Crippen LogP contribution in [0.15, 0.2) is 4.99 Å². The molecule has 0 aromatic heterocycles. The largest absolute Gasteiger partial charge is 0.298 e. The lowest BCUT2D eigenvalue weighted by Crippen LogP contribution is -2.04. The molecule has 0 aromatic rings. The third kappa shape index (κ3) is 11.7. The molecular formula is C12H25N. The van der Waals surface area contributed by atoms with E-state index in [-0.39, 0.29) is 0 Å². The third-order valence-corrected chi connectivity index (χ3v) is 1.97. The van der Waals surface area contributed by atoms with E-state index in [0.29, 0.717) is 5.41 Å². The van der Waals surface area contributed by atoms with Crippen molar-refractivity contribution in [3.63, 3.8) is 0 Å². The summed E-state index contributed by atoms with van der Waals surface area (Å²) in [5.41, 5.74) is 0.396. The molecule has 0 amide bonds. The number of unbranched alkanes of at least 4 members (excludes halogenated alkanes) is 3. The number of hydrogen-bond acceptors (Lipinski definition) is 1. The summed E-state index contributed by atoms with van der Waals surface area (Å²) in [5.74, 6) is 0. The minimum Gasteiger partial charge on any atom is -0.298 e. The first-order chi connectivity index (χ1) is 6.06. The molecule has 0 bridgehead atoms. The maximum absolute atomic E-state index is 4.40. The summed E-state index contributed by atoms with van der Waals surface area (Å²) >= 11 is 0. The van der Waals surface area contributed by atoms with Gasteiger partial charge in [0.25, 0.3) is 0 Å². The molecule has 0 saturated heterocycles. The van der Waals surface area contributed by atoms with Crippen LogP contribution < -0.4 is 0 Å². The van der Waals surface area contributed by atoms with Crippen molar-refractivity contribution in [2.45, 2.75) is 59.8 Å². The predicted molar refractivity (Wildman–Crippen MR) is 61.6 cm³/mol. The van der Waals surface area contributed by atoms with E-state index < -0.39 is 0 Å². The maximum atomic E-state index is 4.40. The van der Waals surface area contributed by atoms with Crippen molar-refractivity contribution in [2.24, 2.45) is 10.4 Å². The minimum atomic E-state index is 0.396. The Hall–Kier alpha value is -0.330. The first-order valence-corrected chi connectivity index (χ1v) is 5.54. The second-order valence-electron chi connectivity index (χ2n) is 4.91. The Kier molecular flexibility index (Phi) is 6.93. The molecule has 0 aliphatic rings. The fourth-order valence-corrected chi connectivity index (χ4v) is 1.06. The SMILES string of the molecule is CCCCCCN=CCC(C)(C)C. The minimum absolute atomic E-state index is 0.396. The van der Waals surface area contributed by atoms with Gasteiger partial charge in [-0.1, -0.05) is 47.0 Å². The van der Waals surface area contributed by atoms with Crippen LogP contribution in [0.3, 0.4) is 0 Å². The highest BCUT2D eigenvalue weighted by atomic mass is 14.7. The molecule has 0 unspecified atom stereocenters. The molecule has 1 heteroatoms. The van der Waals surface area contributed by atoms with Gasteiger partial charge in [0, 0.05) is 6.54 Å². The van der Waals surface area contributed by atoms with E-state index in [1.165, 1.54) is 25.7 Å². The maximum Gasteiger partial charge on any atom is 0.0385 e. The van der Waals surface area contributed by atoms with Gasteiger partial charge in [0.05, 0.1) is 0 Å². The monoisotopic (exact) mass is 183 g/mol. The van der Waals surface area contributed by atoms with E-state index in [4.69, 9.17) is 0 Å². The Balaban J connectivity index is 3.22. The second kappa shape index (κ2) is 7.11. The van der Waals surface area contributed by atoms with Crippen LogP contribution in [0.5, 0.6) is 0 Å². The summed E-state index contributed by atoms with van der Waals surface area (Å²) < 4.78 is 0. The molecule has 13 heavy (non-hydrogen) atoms. The molecule has 0 atom stereocenters. The molecule has 0 N–H and O–H groups in total. The van der Waals surface area contributed by atoms with Crippen LogP contribution in [-0.2, 0) is 0 Å². The van der Waals surface area contributed by atoms with E-state index in [0.717, 1.165) is 13.0 Å². The van der Waals surface area contributed by atoms with E-state index in [9.17, 15) is 0 Å². The normalized spacial score (nSPS) is 12.6. The molecule has 0 saturated carbocycles. The van der Waals surface area contributed by atoms with Crippen molar-refractivity contribution >= 4 is 6.21 Å². The number of nitrogens with zero attached hydrogens (tertiary/aromatic N) is 1. The van der Waals surface area contributed by atoms with Crippen molar-refractivity contribution < 1.29 is 0 Å². The predicted octanol–water partition coefficient (Wildman–Crippen LogP) is 4.07. The molecule has 0 rings (SSSR count). The number of hydrogen-bond donors (Lipinski definition) is 0. The van der Waals surface area contributed by atoms with Crippen molar-refractivity contribution in [2.75, 3.05) is 6.54 Å². The summed E-state index contributed by atoms with van der Waals surface area (Å²) in [6.45, 7) is 10.0. The summed E-state index contributed by atoms with van der Waals surface area (Å²) in [6.07, 6.45) is 8.45. The van der Waals surface area contributed by atoms with Crippen LogP contribution in [0.25, 0.3) is 0 Å². The summed E-state index contributed by atoms with van der Waals surface area (Å²) in [6, 6.07) is 0. The average Bonchev–Trinajstić information content (AvgIpc) is 2.01. The second-order valence-corrected chi connectivity index (χ2v) is 4.91. The van der Waals surface area contributed by atoms with Crippen molar-refractivity contribution in [3.05, 3.63) is 0 Å².